The summed E-state index contributed by atoms with van der Waals surface area (Å²) in [5.41, 5.74) is 1.61. The van der Waals surface area contributed by atoms with Crippen molar-refractivity contribution in [3.8, 4) is 6.07 Å². The van der Waals surface area contributed by atoms with Gasteiger partial charge in [-0.05, 0) is 25.0 Å². The fourth-order valence-electron chi connectivity index (χ4n) is 3.79. The fourth-order valence-corrected chi connectivity index (χ4v) is 3.79. The Morgan fingerprint density at radius 2 is 2.24 bits per heavy atom. The lowest BCUT2D eigenvalue weighted by molar-refractivity contribution is -0.131. The zero-order valence-electron chi connectivity index (χ0n) is 18.2. The van der Waals surface area contributed by atoms with E-state index >= 15 is 4.39 Å². The first kappa shape index (κ1) is 22.2. The standard InChI is InChI=1S/C23H24FN7O2/c1-15(12-25)13-26-23(33)19-11-16-4-5-18(21(24)22(16)28-19)17-3-2-8-30(14-17)20(32)6-9-31-10-7-27-29-31/h3-5,7,10-11,15,28H,2,6,8-9,13-14H2,1H3,(H,26,33)/t15-/m1/s1. The number of rotatable bonds is 7. The van der Waals surface area contributed by atoms with E-state index in [-0.39, 0.29) is 36.0 Å². The largest absolute Gasteiger partial charge is 0.349 e. The molecule has 0 saturated heterocycles. The third kappa shape index (κ3) is 4.92. The normalized spacial score (nSPS) is 14.6. The molecule has 9 nitrogen and oxygen atoms in total. The summed E-state index contributed by atoms with van der Waals surface area (Å²) in [6.45, 7) is 3.26. The summed E-state index contributed by atoms with van der Waals surface area (Å²) in [4.78, 5) is 29.6. The Balaban J connectivity index is 1.47. The summed E-state index contributed by atoms with van der Waals surface area (Å²) >= 11 is 0. The van der Waals surface area contributed by atoms with Crippen LogP contribution in [0, 0.1) is 23.1 Å². The molecule has 0 aliphatic carbocycles. The number of hydrogen-bond donors (Lipinski definition) is 2. The van der Waals surface area contributed by atoms with Crippen LogP contribution in [0.25, 0.3) is 16.5 Å². The molecule has 0 spiro atoms. The van der Waals surface area contributed by atoms with Crippen molar-refractivity contribution in [3.05, 3.63) is 53.7 Å². The summed E-state index contributed by atoms with van der Waals surface area (Å²) in [6.07, 6.45) is 6.14. The van der Waals surface area contributed by atoms with Gasteiger partial charge in [0.05, 0.1) is 30.2 Å². The molecule has 2 N–H and O–H groups in total. The van der Waals surface area contributed by atoms with Gasteiger partial charge in [-0.2, -0.15) is 5.26 Å². The molecule has 0 saturated carbocycles. The van der Waals surface area contributed by atoms with E-state index in [1.54, 1.807) is 47.1 Å². The van der Waals surface area contributed by atoms with E-state index in [1.807, 2.05) is 6.08 Å². The second-order valence-electron chi connectivity index (χ2n) is 8.06. The first-order valence-electron chi connectivity index (χ1n) is 10.8. The lowest BCUT2D eigenvalue weighted by atomic mass is 9.99. The van der Waals surface area contributed by atoms with E-state index in [0.717, 1.165) is 5.57 Å². The summed E-state index contributed by atoms with van der Waals surface area (Å²) in [5, 5.41) is 19.7. The van der Waals surface area contributed by atoms with Crippen molar-refractivity contribution in [2.75, 3.05) is 19.6 Å². The number of carbonyl (C=O) groups excluding carboxylic acids is 2. The predicted molar refractivity (Wildman–Crippen MR) is 119 cm³/mol. The van der Waals surface area contributed by atoms with Gasteiger partial charge in [0.15, 0.2) is 5.82 Å². The van der Waals surface area contributed by atoms with Crippen LogP contribution in [0.1, 0.15) is 35.8 Å². The molecular formula is C23H24FN7O2. The molecule has 0 bridgehead atoms. The van der Waals surface area contributed by atoms with Crippen LogP contribution < -0.4 is 5.32 Å². The number of hydrogen-bond acceptors (Lipinski definition) is 5. The van der Waals surface area contributed by atoms with Gasteiger partial charge in [0.2, 0.25) is 5.91 Å². The molecule has 33 heavy (non-hydrogen) atoms. The maximum Gasteiger partial charge on any atom is 0.267 e. The highest BCUT2D eigenvalue weighted by molar-refractivity contribution is 5.99. The van der Waals surface area contributed by atoms with Gasteiger partial charge in [0.1, 0.15) is 5.69 Å². The molecule has 10 heteroatoms. The summed E-state index contributed by atoms with van der Waals surface area (Å²) < 4.78 is 17.0. The number of H-pyrrole nitrogens is 1. The molecule has 4 rings (SSSR count). The van der Waals surface area contributed by atoms with Crippen molar-refractivity contribution in [1.82, 2.24) is 30.2 Å². The van der Waals surface area contributed by atoms with E-state index < -0.39 is 11.7 Å². The molecule has 3 aromatic rings. The Bertz CT molecular complexity index is 1240. The summed E-state index contributed by atoms with van der Waals surface area (Å²) in [7, 11) is 0. The van der Waals surface area contributed by atoms with Gasteiger partial charge in [-0.3, -0.25) is 14.3 Å². The number of fused-ring (bicyclic) bond motifs is 1. The fraction of sp³-hybridized carbons (Fsp3) is 0.348. The van der Waals surface area contributed by atoms with Crippen molar-refractivity contribution in [3.63, 3.8) is 0 Å². The lowest BCUT2D eigenvalue weighted by Gasteiger charge is -2.28. The summed E-state index contributed by atoms with van der Waals surface area (Å²) in [5.74, 6) is -1.19. The molecule has 1 aliphatic rings. The van der Waals surface area contributed by atoms with E-state index in [0.29, 0.717) is 37.0 Å². The van der Waals surface area contributed by atoms with Crippen LogP contribution in [0.15, 0.2) is 36.7 Å². The zero-order chi connectivity index (χ0) is 23.4. The molecule has 3 heterocycles. The molecule has 0 unspecified atom stereocenters. The van der Waals surface area contributed by atoms with E-state index in [9.17, 15) is 9.59 Å². The Morgan fingerprint density at radius 3 is 3.00 bits per heavy atom. The second-order valence-corrected chi connectivity index (χ2v) is 8.06. The molecule has 1 aromatic carbocycles. The quantitative estimate of drug-likeness (QED) is 0.574. The van der Waals surface area contributed by atoms with Crippen molar-refractivity contribution in [2.24, 2.45) is 5.92 Å². The highest BCUT2D eigenvalue weighted by atomic mass is 19.1. The predicted octanol–water partition coefficient (Wildman–Crippen LogP) is 2.49. The minimum Gasteiger partial charge on any atom is -0.349 e. The molecule has 2 aromatic heterocycles. The van der Waals surface area contributed by atoms with Crippen LogP contribution in [-0.4, -0.2) is 56.3 Å². The molecule has 0 radical (unpaired) electrons. The number of aromatic nitrogens is 4. The Labute approximate surface area is 189 Å². The zero-order valence-corrected chi connectivity index (χ0v) is 18.2. The lowest BCUT2D eigenvalue weighted by Crippen LogP contribution is -2.36. The SMILES string of the molecule is C[C@H](C#N)CNC(=O)c1cc2ccc(C3=CCCN(C(=O)CCn4ccnn4)C3)c(F)c2[nH]1. The number of nitriles is 1. The monoisotopic (exact) mass is 449 g/mol. The third-order valence-corrected chi connectivity index (χ3v) is 5.64. The van der Waals surface area contributed by atoms with Crippen molar-refractivity contribution >= 4 is 28.3 Å². The van der Waals surface area contributed by atoms with Crippen LogP contribution in [0.2, 0.25) is 0 Å². The van der Waals surface area contributed by atoms with Crippen molar-refractivity contribution < 1.29 is 14.0 Å². The van der Waals surface area contributed by atoms with Crippen LogP contribution in [0.5, 0.6) is 0 Å². The maximum absolute atomic E-state index is 15.4. The molecule has 1 aliphatic heterocycles. The Kier molecular flexibility index (Phi) is 6.49. The molecular weight excluding hydrogens is 425 g/mol. The van der Waals surface area contributed by atoms with Crippen molar-refractivity contribution in [1.29, 1.82) is 5.26 Å². The van der Waals surface area contributed by atoms with Crippen LogP contribution in [-0.2, 0) is 11.3 Å². The van der Waals surface area contributed by atoms with E-state index in [1.165, 1.54) is 0 Å². The number of aryl methyl sites for hydroxylation is 1. The molecule has 0 fully saturated rings. The first-order valence-corrected chi connectivity index (χ1v) is 10.8. The Hall–Kier alpha value is -4.00. The van der Waals surface area contributed by atoms with Gasteiger partial charge in [-0.25, -0.2) is 4.39 Å². The highest BCUT2D eigenvalue weighted by Crippen LogP contribution is 2.29. The average molecular weight is 449 g/mol. The van der Waals surface area contributed by atoms with Crippen molar-refractivity contribution in [2.45, 2.75) is 26.3 Å². The number of benzene rings is 1. The van der Waals surface area contributed by atoms with Gasteiger partial charge in [0.25, 0.3) is 5.91 Å². The number of carbonyl (C=O) groups is 2. The number of nitrogens with one attached hydrogen (secondary N) is 2. The maximum atomic E-state index is 15.4. The number of amides is 2. The van der Waals surface area contributed by atoms with E-state index in [4.69, 9.17) is 5.26 Å². The third-order valence-electron chi connectivity index (χ3n) is 5.64. The molecule has 170 valence electrons. The minimum atomic E-state index is -0.458. The van der Waals surface area contributed by atoms with Gasteiger partial charge in [0, 0.05) is 43.2 Å². The topological polar surface area (TPSA) is 120 Å². The minimum absolute atomic E-state index is 0.0250. The van der Waals surface area contributed by atoms with E-state index in [2.05, 4.69) is 26.7 Å². The number of nitrogens with zero attached hydrogens (tertiary/aromatic N) is 5. The molecule has 2 amide bonds. The number of halogens is 1. The summed E-state index contributed by atoms with van der Waals surface area (Å²) in [6, 6.07) is 7.07. The van der Waals surface area contributed by atoms with Crippen LogP contribution in [0.3, 0.4) is 0 Å². The molecule has 1 atom stereocenters. The van der Waals surface area contributed by atoms with Gasteiger partial charge >= 0.3 is 0 Å². The van der Waals surface area contributed by atoms with Crippen LogP contribution in [0.4, 0.5) is 4.39 Å². The van der Waals surface area contributed by atoms with Gasteiger partial charge in [-0.1, -0.05) is 23.4 Å². The van der Waals surface area contributed by atoms with Gasteiger partial charge in [-0.15, -0.1) is 5.10 Å². The second kappa shape index (κ2) is 9.65. The first-order chi connectivity index (χ1) is 16.0. The van der Waals surface area contributed by atoms with Crippen LogP contribution >= 0.6 is 0 Å². The average Bonchev–Trinajstić information content (AvgIpc) is 3.51. The Morgan fingerprint density at radius 1 is 1.39 bits per heavy atom. The van der Waals surface area contributed by atoms with Gasteiger partial charge < -0.3 is 15.2 Å². The number of aromatic amines is 1. The highest BCUT2D eigenvalue weighted by Gasteiger charge is 2.22. The smallest absolute Gasteiger partial charge is 0.267 e.